The molecule has 8 nitrogen and oxygen atoms in total. The molecule has 1 atom stereocenters. The molecule has 0 bridgehead atoms. The molecule has 1 heterocycles. The number of nitrogens with one attached hydrogen (secondary N) is 1. The second-order valence-electron chi connectivity index (χ2n) is 6.45. The van der Waals surface area contributed by atoms with Gasteiger partial charge >= 0.3 is 11.7 Å². The SMILES string of the molecule is CCOc1ccc(C(=O)O[C@H](C)C(=O)c2c(C)[nH]c3ccccc23)cc1[N+](=O)[O-]. The monoisotopic (exact) mass is 396 g/mol. The van der Waals surface area contributed by atoms with E-state index in [2.05, 4.69) is 4.98 Å². The molecule has 0 amide bonds. The third-order valence-electron chi connectivity index (χ3n) is 4.48. The number of nitrogens with zero attached hydrogens (tertiary/aromatic N) is 1. The summed E-state index contributed by atoms with van der Waals surface area (Å²) in [5, 5.41) is 12.0. The Morgan fingerprint density at radius 1 is 1.21 bits per heavy atom. The van der Waals surface area contributed by atoms with Crippen LogP contribution in [0.25, 0.3) is 10.9 Å². The minimum absolute atomic E-state index is 0.0320. The number of aryl methyl sites for hydroxylation is 1. The number of benzene rings is 2. The molecule has 0 saturated heterocycles. The van der Waals surface area contributed by atoms with Crippen LogP contribution in [-0.4, -0.2) is 34.4 Å². The van der Waals surface area contributed by atoms with Crippen molar-refractivity contribution in [1.29, 1.82) is 0 Å². The molecule has 150 valence electrons. The second kappa shape index (κ2) is 8.14. The van der Waals surface area contributed by atoms with Crippen LogP contribution in [0, 0.1) is 17.0 Å². The van der Waals surface area contributed by atoms with Crippen molar-refractivity contribution in [2.45, 2.75) is 26.9 Å². The molecule has 0 unspecified atom stereocenters. The summed E-state index contributed by atoms with van der Waals surface area (Å²) < 4.78 is 10.5. The van der Waals surface area contributed by atoms with Crippen molar-refractivity contribution in [3.05, 3.63) is 69.4 Å². The van der Waals surface area contributed by atoms with Gasteiger partial charge in [0.2, 0.25) is 5.78 Å². The summed E-state index contributed by atoms with van der Waals surface area (Å²) >= 11 is 0. The first-order valence-corrected chi connectivity index (χ1v) is 9.07. The largest absolute Gasteiger partial charge is 0.487 e. The number of hydrogen-bond acceptors (Lipinski definition) is 6. The molecule has 0 aliphatic carbocycles. The molecule has 0 fully saturated rings. The normalized spacial score (nSPS) is 11.8. The molecule has 1 N–H and O–H groups in total. The van der Waals surface area contributed by atoms with E-state index in [-0.39, 0.29) is 29.4 Å². The summed E-state index contributed by atoms with van der Waals surface area (Å²) in [6, 6.07) is 11.1. The minimum Gasteiger partial charge on any atom is -0.487 e. The Hall–Kier alpha value is -3.68. The zero-order chi connectivity index (χ0) is 21.1. The third kappa shape index (κ3) is 3.96. The first-order valence-electron chi connectivity index (χ1n) is 9.07. The quantitative estimate of drug-likeness (QED) is 0.277. The molecule has 3 rings (SSSR count). The van der Waals surface area contributed by atoms with Gasteiger partial charge in [-0.15, -0.1) is 0 Å². The average Bonchev–Trinajstić information content (AvgIpc) is 3.03. The summed E-state index contributed by atoms with van der Waals surface area (Å²) in [6.07, 6.45) is -1.06. The Bertz CT molecular complexity index is 1100. The van der Waals surface area contributed by atoms with E-state index >= 15 is 0 Å². The summed E-state index contributed by atoms with van der Waals surface area (Å²) in [4.78, 5) is 39.1. The first-order chi connectivity index (χ1) is 13.8. The molecule has 0 aliphatic heterocycles. The Morgan fingerprint density at radius 2 is 1.93 bits per heavy atom. The summed E-state index contributed by atoms with van der Waals surface area (Å²) in [7, 11) is 0. The zero-order valence-electron chi connectivity index (χ0n) is 16.2. The van der Waals surface area contributed by atoms with E-state index in [1.165, 1.54) is 19.1 Å². The molecule has 0 spiro atoms. The van der Waals surface area contributed by atoms with Crippen molar-refractivity contribution in [2.75, 3.05) is 6.61 Å². The lowest BCUT2D eigenvalue weighted by Gasteiger charge is -2.13. The number of H-pyrrole nitrogens is 1. The molecular weight excluding hydrogens is 376 g/mol. The fourth-order valence-electron chi connectivity index (χ4n) is 3.14. The molecule has 0 saturated carbocycles. The zero-order valence-corrected chi connectivity index (χ0v) is 16.2. The highest BCUT2D eigenvalue weighted by molar-refractivity contribution is 6.11. The van der Waals surface area contributed by atoms with Gasteiger partial charge in [0.15, 0.2) is 11.9 Å². The fourth-order valence-corrected chi connectivity index (χ4v) is 3.14. The number of nitro benzene ring substituents is 1. The standard InChI is InChI=1S/C21H20N2O6/c1-4-28-18-10-9-14(11-17(18)23(26)27)21(25)29-13(3)20(24)19-12(2)22-16-8-6-5-7-15(16)19/h5-11,13,22H,4H2,1-3H3/t13-/m1/s1. The molecular formula is C21H20N2O6. The Morgan fingerprint density at radius 3 is 2.62 bits per heavy atom. The van der Waals surface area contributed by atoms with E-state index in [1.54, 1.807) is 13.8 Å². The lowest BCUT2D eigenvalue weighted by molar-refractivity contribution is -0.385. The number of rotatable bonds is 7. The number of Topliss-reactive ketones (excluding diaryl/α,β-unsaturated/α-hetero) is 1. The van der Waals surface area contributed by atoms with Gasteiger partial charge in [0.1, 0.15) is 0 Å². The van der Waals surface area contributed by atoms with Gasteiger partial charge in [-0.25, -0.2) is 4.79 Å². The fraction of sp³-hybridized carbons (Fsp3) is 0.238. The van der Waals surface area contributed by atoms with Crippen molar-refractivity contribution in [3.63, 3.8) is 0 Å². The van der Waals surface area contributed by atoms with Crippen LogP contribution < -0.4 is 4.74 Å². The smallest absolute Gasteiger partial charge is 0.339 e. The molecule has 0 aliphatic rings. The average molecular weight is 396 g/mol. The van der Waals surface area contributed by atoms with E-state index in [4.69, 9.17) is 9.47 Å². The number of nitro groups is 1. The van der Waals surface area contributed by atoms with E-state index in [1.807, 2.05) is 24.3 Å². The van der Waals surface area contributed by atoms with Gasteiger partial charge in [-0.3, -0.25) is 14.9 Å². The maximum absolute atomic E-state index is 12.9. The minimum atomic E-state index is -1.06. The summed E-state index contributed by atoms with van der Waals surface area (Å²) in [5.74, 6) is -1.11. The summed E-state index contributed by atoms with van der Waals surface area (Å²) in [6.45, 7) is 5.20. The predicted molar refractivity (Wildman–Crippen MR) is 107 cm³/mol. The van der Waals surface area contributed by atoms with Crippen LogP contribution in [0.15, 0.2) is 42.5 Å². The highest BCUT2D eigenvalue weighted by Crippen LogP contribution is 2.29. The number of carbonyl (C=O) groups is 2. The van der Waals surface area contributed by atoms with Crippen LogP contribution in [0.5, 0.6) is 5.75 Å². The molecule has 0 radical (unpaired) electrons. The molecule has 2 aromatic carbocycles. The number of para-hydroxylation sites is 1. The van der Waals surface area contributed by atoms with Gasteiger partial charge in [0.25, 0.3) is 0 Å². The van der Waals surface area contributed by atoms with E-state index < -0.39 is 17.0 Å². The maximum Gasteiger partial charge on any atom is 0.339 e. The third-order valence-corrected chi connectivity index (χ3v) is 4.48. The van der Waals surface area contributed by atoms with Crippen LogP contribution in [0.1, 0.15) is 40.3 Å². The first kappa shape index (κ1) is 20.1. The number of carbonyl (C=O) groups excluding carboxylic acids is 2. The van der Waals surface area contributed by atoms with Crippen LogP contribution >= 0.6 is 0 Å². The van der Waals surface area contributed by atoms with Crippen molar-refractivity contribution in [2.24, 2.45) is 0 Å². The van der Waals surface area contributed by atoms with Gasteiger partial charge in [-0.1, -0.05) is 18.2 Å². The van der Waals surface area contributed by atoms with Gasteiger partial charge < -0.3 is 14.5 Å². The van der Waals surface area contributed by atoms with Crippen molar-refractivity contribution >= 4 is 28.3 Å². The van der Waals surface area contributed by atoms with E-state index in [0.29, 0.717) is 11.3 Å². The van der Waals surface area contributed by atoms with Crippen LogP contribution in [0.2, 0.25) is 0 Å². The number of ketones is 1. The maximum atomic E-state index is 12.9. The molecule has 1 aromatic heterocycles. The van der Waals surface area contributed by atoms with Crippen LogP contribution in [0.4, 0.5) is 5.69 Å². The van der Waals surface area contributed by atoms with E-state index in [0.717, 1.165) is 17.0 Å². The molecule has 3 aromatic rings. The number of hydrogen-bond donors (Lipinski definition) is 1. The van der Waals surface area contributed by atoms with Crippen LogP contribution in [-0.2, 0) is 4.74 Å². The predicted octanol–water partition coefficient (Wildman–Crippen LogP) is 4.21. The Balaban J connectivity index is 1.83. The number of esters is 1. The van der Waals surface area contributed by atoms with Crippen LogP contribution in [0.3, 0.4) is 0 Å². The molecule has 29 heavy (non-hydrogen) atoms. The van der Waals surface area contributed by atoms with Crippen molar-refractivity contribution in [3.8, 4) is 5.75 Å². The van der Waals surface area contributed by atoms with Crippen molar-refractivity contribution < 1.29 is 24.0 Å². The molecule has 8 heteroatoms. The van der Waals surface area contributed by atoms with E-state index in [9.17, 15) is 19.7 Å². The Kier molecular flexibility index (Phi) is 5.63. The topological polar surface area (TPSA) is 112 Å². The number of fused-ring (bicyclic) bond motifs is 1. The van der Waals surface area contributed by atoms with Gasteiger partial charge in [-0.05, 0) is 39.0 Å². The highest BCUT2D eigenvalue weighted by Gasteiger charge is 2.26. The number of ether oxygens (including phenoxy) is 2. The number of aromatic nitrogens is 1. The van der Waals surface area contributed by atoms with Gasteiger partial charge in [0, 0.05) is 28.2 Å². The lowest BCUT2D eigenvalue weighted by Crippen LogP contribution is -2.25. The van der Waals surface area contributed by atoms with Gasteiger partial charge in [0.05, 0.1) is 17.1 Å². The van der Waals surface area contributed by atoms with Crippen molar-refractivity contribution in [1.82, 2.24) is 4.98 Å². The summed E-state index contributed by atoms with van der Waals surface area (Å²) in [5.41, 5.74) is 1.58. The highest BCUT2D eigenvalue weighted by atomic mass is 16.6. The number of aromatic amines is 1. The second-order valence-corrected chi connectivity index (χ2v) is 6.45. The van der Waals surface area contributed by atoms with Gasteiger partial charge in [-0.2, -0.15) is 0 Å². The lowest BCUT2D eigenvalue weighted by atomic mass is 10.0. The Labute approximate surface area is 166 Å².